The van der Waals surface area contributed by atoms with Gasteiger partial charge in [-0.2, -0.15) is 0 Å². The SMILES string of the molecule is CC(=O)c1cccc(NC(=O)N2CCC[C@H]2C(=O)Nc2ccc3c(c2)OCO3)c1. The van der Waals surface area contributed by atoms with Crippen LogP contribution in [-0.2, 0) is 4.79 Å². The maximum atomic E-state index is 12.8. The number of hydrogen-bond donors (Lipinski definition) is 2. The normalized spacial score (nSPS) is 17.1. The summed E-state index contributed by atoms with van der Waals surface area (Å²) in [6, 6.07) is 11.0. The van der Waals surface area contributed by atoms with Crippen molar-refractivity contribution >= 4 is 29.1 Å². The van der Waals surface area contributed by atoms with Gasteiger partial charge in [0.25, 0.3) is 0 Å². The molecule has 0 bridgehead atoms. The molecular weight excluding hydrogens is 374 g/mol. The minimum absolute atomic E-state index is 0.0803. The summed E-state index contributed by atoms with van der Waals surface area (Å²) in [5.74, 6) is 0.879. The van der Waals surface area contributed by atoms with Crippen LogP contribution in [-0.4, -0.2) is 42.0 Å². The van der Waals surface area contributed by atoms with E-state index in [-0.39, 0.29) is 24.5 Å². The third-order valence-corrected chi connectivity index (χ3v) is 4.98. The second-order valence-electron chi connectivity index (χ2n) is 6.98. The van der Waals surface area contributed by atoms with E-state index in [2.05, 4.69) is 10.6 Å². The van der Waals surface area contributed by atoms with E-state index in [0.29, 0.717) is 41.4 Å². The van der Waals surface area contributed by atoms with Crippen molar-refractivity contribution in [2.45, 2.75) is 25.8 Å². The molecule has 2 aliphatic rings. The van der Waals surface area contributed by atoms with Crippen LogP contribution in [0.1, 0.15) is 30.1 Å². The Labute approximate surface area is 167 Å². The molecule has 2 N–H and O–H groups in total. The topological polar surface area (TPSA) is 97.0 Å². The highest BCUT2D eigenvalue weighted by Crippen LogP contribution is 2.34. The Kier molecular flexibility index (Phi) is 5.07. The molecule has 0 aliphatic carbocycles. The number of rotatable bonds is 4. The van der Waals surface area contributed by atoms with E-state index in [0.717, 1.165) is 6.42 Å². The zero-order valence-corrected chi connectivity index (χ0v) is 15.9. The zero-order chi connectivity index (χ0) is 20.4. The summed E-state index contributed by atoms with van der Waals surface area (Å²) >= 11 is 0. The molecule has 2 aromatic rings. The maximum Gasteiger partial charge on any atom is 0.322 e. The van der Waals surface area contributed by atoms with Crippen LogP contribution in [0.2, 0.25) is 0 Å². The number of fused-ring (bicyclic) bond motifs is 1. The number of nitrogens with zero attached hydrogens (tertiary/aromatic N) is 1. The molecule has 150 valence electrons. The number of benzene rings is 2. The molecule has 1 atom stereocenters. The fourth-order valence-corrected chi connectivity index (χ4v) is 3.49. The van der Waals surface area contributed by atoms with E-state index in [1.165, 1.54) is 11.8 Å². The highest BCUT2D eigenvalue weighted by molar-refractivity contribution is 6.00. The first-order valence-corrected chi connectivity index (χ1v) is 9.40. The predicted molar refractivity (Wildman–Crippen MR) is 106 cm³/mol. The number of urea groups is 1. The second kappa shape index (κ2) is 7.83. The Morgan fingerprint density at radius 2 is 1.79 bits per heavy atom. The number of Topliss-reactive ketones (excluding diaryl/α,β-unsaturated/α-hetero) is 1. The van der Waals surface area contributed by atoms with Gasteiger partial charge < -0.3 is 25.0 Å². The minimum Gasteiger partial charge on any atom is -0.454 e. The largest absolute Gasteiger partial charge is 0.454 e. The average molecular weight is 395 g/mol. The molecule has 29 heavy (non-hydrogen) atoms. The van der Waals surface area contributed by atoms with Gasteiger partial charge in [-0.3, -0.25) is 9.59 Å². The van der Waals surface area contributed by atoms with E-state index in [9.17, 15) is 14.4 Å². The molecule has 0 spiro atoms. The third-order valence-electron chi connectivity index (χ3n) is 4.98. The lowest BCUT2D eigenvalue weighted by molar-refractivity contribution is -0.119. The standard InChI is InChI=1S/C21H21N3O5/c1-13(25)14-4-2-5-15(10-14)23-21(27)24-9-3-6-17(24)20(26)22-16-7-8-18-19(11-16)29-12-28-18/h2,4-5,7-8,10-11,17H,3,6,9,12H2,1H3,(H,22,26)(H,23,27)/t17-/m0/s1. The van der Waals surface area contributed by atoms with Crippen LogP contribution in [0.4, 0.5) is 16.2 Å². The fraction of sp³-hybridized carbons (Fsp3) is 0.286. The first-order valence-electron chi connectivity index (χ1n) is 9.40. The summed E-state index contributed by atoms with van der Waals surface area (Å²) in [6.45, 7) is 2.11. The molecule has 4 rings (SSSR count). The summed E-state index contributed by atoms with van der Waals surface area (Å²) in [5, 5.41) is 5.63. The molecule has 3 amide bonds. The van der Waals surface area contributed by atoms with E-state index >= 15 is 0 Å². The average Bonchev–Trinajstić information content (AvgIpc) is 3.37. The molecular formula is C21H21N3O5. The number of amides is 3. The molecule has 0 unspecified atom stereocenters. The van der Waals surface area contributed by atoms with Crippen LogP contribution in [0.5, 0.6) is 11.5 Å². The van der Waals surface area contributed by atoms with Crippen LogP contribution >= 0.6 is 0 Å². The maximum absolute atomic E-state index is 12.8. The summed E-state index contributed by atoms with van der Waals surface area (Å²) in [4.78, 5) is 38.6. The smallest absolute Gasteiger partial charge is 0.322 e. The van der Waals surface area contributed by atoms with Crippen molar-refractivity contribution in [1.29, 1.82) is 0 Å². The van der Waals surface area contributed by atoms with E-state index in [1.807, 2.05) is 0 Å². The van der Waals surface area contributed by atoms with Gasteiger partial charge in [0.1, 0.15) is 6.04 Å². The molecule has 1 saturated heterocycles. The predicted octanol–water partition coefficient (Wildman–Crippen LogP) is 3.25. The Morgan fingerprint density at radius 3 is 2.62 bits per heavy atom. The third kappa shape index (κ3) is 4.01. The summed E-state index contributed by atoms with van der Waals surface area (Å²) < 4.78 is 10.6. The number of carbonyl (C=O) groups excluding carboxylic acids is 3. The van der Waals surface area contributed by atoms with Crippen molar-refractivity contribution in [3.05, 3.63) is 48.0 Å². The van der Waals surface area contributed by atoms with Crippen LogP contribution < -0.4 is 20.1 Å². The second-order valence-corrected chi connectivity index (χ2v) is 6.98. The van der Waals surface area contributed by atoms with E-state index in [4.69, 9.17) is 9.47 Å². The molecule has 2 aromatic carbocycles. The van der Waals surface area contributed by atoms with Gasteiger partial charge in [-0.25, -0.2) is 4.79 Å². The molecule has 0 radical (unpaired) electrons. The van der Waals surface area contributed by atoms with Crippen molar-refractivity contribution in [3.8, 4) is 11.5 Å². The van der Waals surface area contributed by atoms with Gasteiger partial charge in [-0.05, 0) is 44.0 Å². The molecule has 8 nitrogen and oxygen atoms in total. The number of likely N-dealkylation sites (tertiary alicyclic amines) is 1. The molecule has 2 heterocycles. The quantitative estimate of drug-likeness (QED) is 0.775. The number of hydrogen-bond acceptors (Lipinski definition) is 5. The minimum atomic E-state index is -0.573. The molecule has 8 heteroatoms. The van der Waals surface area contributed by atoms with Gasteiger partial charge in [0.05, 0.1) is 0 Å². The van der Waals surface area contributed by atoms with Crippen molar-refractivity contribution in [2.24, 2.45) is 0 Å². The number of carbonyl (C=O) groups is 3. The van der Waals surface area contributed by atoms with E-state index in [1.54, 1.807) is 42.5 Å². The molecule has 0 saturated carbocycles. The van der Waals surface area contributed by atoms with E-state index < -0.39 is 6.04 Å². The summed E-state index contributed by atoms with van der Waals surface area (Å²) in [7, 11) is 0. The molecule has 0 aromatic heterocycles. The van der Waals surface area contributed by atoms with Crippen LogP contribution in [0.3, 0.4) is 0 Å². The van der Waals surface area contributed by atoms with Crippen molar-refractivity contribution < 1.29 is 23.9 Å². The molecule has 1 fully saturated rings. The zero-order valence-electron chi connectivity index (χ0n) is 15.9. The van der Waals surface area contributed by atoms with Crippen molar-refractivity contribution in [1.82, 2.24) is 4.90 Å². The Bertz CT molecular complexity index is 975. The van der Waals surface area contributed by atoms with Crippen molar-refractivity contribution in [2.75, 3.05) is 24.0 Å². The van der Waals surface area contributed by atoms with Gasteiger partial charge in [0, 0.05) is 29.5 Å². The number of ether oxygens (including phenoxy) is 2. The first-order chi connectivity index (χ1) is 14.0. The van der Waals surface area contributed by atoms with Gasteiger partial charge in [0.15, 0.2) is 17.3 Å². The van der Waals surface area contributed by atoms with Gasteiger partial charge >= 0.3 is 6.03 Å². The number of nitrogens with one attached hydrogen (secondary N) is 2. The lowest BCUT2D eigenvalue weighted by Gasteiger charge is -2.24. The Hall–Kier alpha value is -3.55. The first kappa shape index (κ1) is 18.8. The van der Waals surface area contributed by atoms with Crippen LogP contribution in [0.15, 0.2) is 42.5 Å². The van der Waals surface area contributed by atoms with Crippen LogP contribution in [0.25, 0.3) is 0 Å². The van der Waals surface area contributed by atoms with Gasteiger partial charge in [-0.1, -0.05) is 12.1 Å². The lowest BCUT2D eigenvalue weighted by atomic mass is 10.1. The number of anilines is 2. The monoisotopic (exact) mass is 395 g/mol. The molecule has 2 aliphatic heterocycles. The summed E-state index contributed by atoms with van der Waals surface area (Å²) in [5.41, 5.74) is 1.62. The Morgan fingerprint density at radius 1 is 1.00 bits per heavy atom. The highest BCUT2D eigenvalue weighted by atomic mass is 16.7. The van der Waals surface area contributed by atoms with Crippen molar-refractivity contribution in [3.63, 3.8) is 0 Å². The summed E-state index contributed by atoms with van der Waals surface area (Å²) in [6.07, 6.45) is 1.32. The Balaban J connectivity index is 1.42. The van der Waals surface area contributed by atoms with Gasteiger partial charge in [-0.15, -0.1) is 0 Å². The van der Waals surface area contributed by atoms with Gasteiger partial charge in [0.2, 0.25) is 12.7 Å². The highest BCUT2D eigenvalue weighted by Gasteiger charge is 2.34. The lowest BCUT2D eigenvalue weighted by Crippen LogP contribution is -2.45. The number of ketones is 1. The fourth-order valence-electron chi connectivity index (χ4n) is 3.49. The van der Waals surface area contributed by atoms with Crippen LogP contribution in [0, 0.1) is 0 Å².